The first-order valence-electron chi connectivity index (χ1n) is 9.09. The summed E-state index contributed by atoms with van der Waals surface area (Å²) in [6.07, 6.45) is -0.656. The second-order valence-electron chi connectivity index (χ2n) is 6.39. The lowest BCUT2D eigenvalue weighted by Gasteiger charge is -2.30. The molecule has 1 amide bonds. The van der Waals surface area contributed by atoms with Crippen molar-refractivity contribution in [3.05, 3.63) is 29.8 Å². The van der Waals surface area contributed by atoms with E-state index in [2.05, 4.69) is 4.74 Å². The molecule has 1 heterocycles. The predicted molar refractivity (Wildman–Crippen MR) is 94.9 cm³/mol. The van der Waals surface area contributed by atoms with E-state index >= 15 is 0 Å². The van der Waals surface area contributed by atoms with Gasteiger partial charge in [-0.25, -0.2) is 0 Å². The number of aryl methyl sites for hydroxylation is 1. The number of rotatable bonds is 9. The number of halogens is 2. The van der Waals surface area contributed by atoms with Gasteiger partial charge in [-0.2, -0.15) is 8.78 Å². The minimum absolute atomic E-state index is 0.0667. The van der Waals surface area contributed by atoms with E-state index in [4.69, 9.17) is 9.47 Å². The Balaban J connectivity index is 1.99. The van der Waals surface area contributed by atoms with Gasteiger partial charge in [-0.3, -0.25) is 9.59 Å². The van der Waals surface area contributed by atoms with Gasteiger partial charge in [0.15, 0.2) is 0 Å². The highest BCUT2D eigenvalue weighted by atomic mass is 19.3. The summed E-state index contributed by atoms with van der Waals surface area (Å²) in [6.45, 7) is -1.48. The van der Waals surface area contributed by atoms with Crippen molar-refractivity contribution in [3.63, 3.8) is 0 Å². The van der Waals surface area contributed by atoms with Gasteiger partial charge in [0.1, 0.15) is 11.9 Å². The number of alkyl halides is 2. The first kappa shape index (κ1) is 22.0. The molecule has 1 aliphatic rings. The summed E-state index contributed by atoms with van der Waals surface area (Å²) < 4.78 is 39.4. The van der Waals surface area contributed by atoms with Crippen molar-refractivity contribution in [2.24, 2.45) is 5.92 Å². The van der Waals surface area contributed by atoms with E-state index in [1.165, 1.54) is 18.1 Å². The van der Waals surface area contributed by atoms with Gasteiger partial charge in [-0.15, -0.1) is 0 Å². The molecule has 2 atom stereocenters. The van der Waals surface area contributed by atoms with Gasteiger partial charge < -0.3 is 24.2 Å². The fourth-order valence-corrected chi connectivity index (χ4v) is 3.13. The normalized spacial score (nSPS) is 16.5. The van der Waals surface area contributed by atoms with Crippen molar-refractivity contribution in [2.45, 2.75) is 32.0 Å². The van der Waals surface area contributed by atoms with E-state index in [1.54, 1.807) is 18.2 Å². The Labute approximate surface area is 162 Å². The molecule has 1 aromatic carbocycles. The number of benzene rings is 1. The molecule has 2 rings (SSSR count). The Kier molecular flexibility index (Phi) is 8.59. The Morgan fingerprint density at radius 1 is 1.25 bits per heavy atom. The molecule has 0 aliphatic carbocycles. The van der Waals surface area contributed by atoms with Gasteiger partial charge in [-0.1, -0.05) is 18.2 Å². The van der Waals surface area contributed by atoms with Crippen LogP contribution in [0.2, 0.25) is 0 Å². The van der Waals surface area contributed by atoms with Crippen molar-refractivity contribution in [3.8, 4) is 5.75 Å². The summed E-state index contributed by atoms with van der Waals surface area (Å²) in [7, 11) is 1.19. The topological polar surface area (TPSA) is 85.3 Å². The molecule has 9 heteroatoms. The fourth-order valence-electron chi connectivity index (χ4n) is 3.13. The second-order valence-corrected chi connectivity index (χ2v) is 6.39. The molecule has 1 N–H and O–H groups in total. The summed E-state index contributed by atoms with van der Waals surface area (Å²) >= 11 is 0. The van der Waals surface area contributed by atoms with Crippen LogP contribution in [0.1, 0.15) is 18.4 Å². The average Bonchev–Trinajstić information content (AvgIpc) is 2.71. The summed E-state index contributed by atoms with van der Waals surface area (Å²) in [5.41, 5.74) is 0.556. The molecular formula is C19H25F2NO6. The lowest BCUT2D eigenvalue weighted by atomic mass is 9.93. The largest absolute Gasteiger partial charge is 0.469 e. The van der Waals surface area contributed by atoms with Crippen molar-refractivity contribution < 1.29 is 37.7 Å². The number of amides is 1. The molecule has 1 fully saturated rings. The Bertz CT molecular complexity index is 651. The molecule has 156 valence electrons. The van der Waals surface area contributed by atoms with Crippen LogP contribution >= 0.6 is 0 Å². The van der Waals surface area contributed by atoms with E-state index in [1.807, 2.05) is 0 Å². The average molecular weight is 401 g/mol. The van der Waals surface area contributed by atoms with Gasteiger partial charge >= 0.3 is 12.6 Å². The number of hydrogen-bond donors (Lipinski definition) is 1. The predicted octanol–water partition coefficient (Wildman–Crippen LogP) is 1.62. The number of esters is 1. The van der Waals surface area contributed by atoms with Crippen LogP contribution in [-0.2, 0) is 25.5 Å². The second kappa shape index (κ2) is 10.9. The van der Waals surface area contributed by atoms with Crippen molar-refractivity contribution >= 4 is 11.9 Å². The Morgan fingerprint density at radius 2 is 1.93 bits per heavy atom. The smallest absolute Gasteiger partial charge is 0.387 e. The molecule has 28 heavy (non-hydrogen) atoms. The quantitative estimate of drug-likeness (QED) is 0.633. The third-order valence-corrected chi connectivity index (χ3v) is 4.61. The van der Waals surface area contributed by atoms with E-state index < -0.39 is 30.5 Å². The van der Waals surface area contributed by atoms with Gasteiger partial charge in [-0.05, 0) is 30.9 Å². The van der Waals surface area contributed by atoms with Gasteiger partial charge in [0, 0.05) is 13.1 Å². The van der Waals surface area contributed by atoms with Crippen molar-refractivity contribution in [1.82, 2.24) is 4.90 Å². The first-order valence-corrected chi connectivity index (χ1v) is 9.09. The number of carbonyl (C=O) groups excluding carboxylic acids is 2. The zero-order chi connectivity index (χ0) is 20.5. The molecule has 1 unspecified atom stereocenters. The number of hydrogen-bond acceptors (Lipinski definition) is 6. The molecule has 0 spiro atoms. The lowest BCUT2D eigenvalue weighted by Crippen LogP contribution is -2.49. The number of aliphatic hydroxyl groups is 1. The summed E-state index contributed by atoms with van der Waals surface area (Å²) in [6, 6.07) is 6.38. The highest BCUT2D eigenvalue weighted by Crippen LogP contribution is 2.24. The van der Waals surface area contributed by atoms with Crippen LogP contribution in [0, 0.1) is 5.92 Å². The van der Waals surface area contributed by atoms with E-state index in [0.717, 1.165) is 0 Å². The van der Waals surface area contributed by atoms with E-state index in [-0.39, 0.29) is 12.2 Å². The molecule has 1 aliphatic heterocycles. The maximum absolute atomic E-state index is 12.5. The number of morpholine rings is 1. The summed E-state index contributed by atoms with van der Waals surface area (Å²) in [5, 5.41) is 10.4. The highest BCUT2D eigenvalue weighted by Gasteiger charge is 2.35. The van der Waals surface area contributed by atoms with Crippen molar-refractivity contribution in [2.75, 3.05) is 33.4 Å². The summed E-state index contributed by atoms with van der Waals surface area (Å²) in [4.78, 5) is 26.0. The minimum Gasteiger partial charge on any atom is -0.469 e. The molecule has 0 bridgehead atoms. The number of methoxy groups -OCH3 is 1. The van der Waals surface area contributed by atoms with Gasteiger partial charge in [0.25, 0.3) is 5.91 Å². The van der Waals surface area contributed by atoms with Crippen molar-refractivity contribution in [1.29, 1.82) is 0 Å². The van der Waals surface area contributed by atoms with Crippen LogP contribution in [0.5, 0.6) is 5.75 Å². The third-order valence-electron chi connectivity index (χ3n) is 4.61. The highest BCUT2D eigenvalue weighted by molar-refractivity contribution is 5.87. The zero-order valence-corrected chi connectivity index (χ0v) is 15.7. The Morgan fingerprint density at radius 3 is 2.57 bits per heavy atom. The standard InChI is InChI=1S/C19H25F2NO6/c1-26-18(25)14(16(23)17(24)22-9-11-27-12-10-22)7-4-6-13-5-2-3-8-15(13)28-19(20)21/h2-3,5,8,14,16,19,23H,4,6-7,9-12H2,1H3/t14?,16-/m0/s1. The molecular weight excluding hydrogens is 376 g/mol. The SMILES string of the molecule is COC(=O)C(CCCc1ccccc1OC(F)F)[C@H](O)C(=O)N1CCOCC1. The lowest BCUT2D eigenvalue weighted by molar-refractivity contribution is -0.159. The van der Waals surface area contributed by atoms with Gasteiger partial charge in [0.05, 0.1) is 26.2 Å². The number of carbonyl (C=O) groups is 2. The fraction of sp³-hybridized carbons (Fsp3) is 0.579. The van der Waals surface area contributed by atoms with Crippen LogP contribution < -0.4 is 4.74 Å². The van der Waals surface area contributed by atoms with Crippen LogP contribution in [0.25, 0.3) is 0 Å². The van der Waals surface area contributed by atoms with Crippen LogP contribution in [-0.4, -0.2) is 68.0 Å². The molecule has 0 aromatic heterocycles. The van der Waals surface area contributed by atoms with Crippen LogP contribution in [0.3, 0.4) is 0 Å². The van der Waals surface area contributed by atoms with Crippen LogP contribution in [0.4, 0.5) is 8.78 Å². The molecule has 1 saturated heterocycles. The molecule has 1 aromatic rings. The van der Waals surface area contributed by atoms with Gasteiger partial charge in [0.2, 0.25) is 0 Å². The number of nitrogens with zero attached hydrogens (tertiary/aromatic N) is 1. The number of para-hydroxylation sites is 1. The first-order chi connectivity index (χ1) is 13.4. The summed E-state index contributed by atoms with van der Waals surface area (Å²) in [5.74, 6) is -2.20. The maximum Gasteiger partial charge on any atom is 0.387 e. The Hall–Kier alpha value is -2.26. The number of aliphatic hydroxyl groups excluding tert-OH is 1. The third kappa shape index (κ3) is 6.13. The molecule has 0 saturated carbocycles. The minimum atomic E-state index is -2.93. The van der Waals surface area contributed by atoms with Crippen LogP contribution in [0.15, 0.2) is 24.3 Å². The molecule has 7 nitrogen and oxygen atoms in total. The monoisotopic (exact) mass is 401 g/mol. The maximum atomic E-state index is 12.5. The molecule has 0 radical (unpaired) electrons. The zero-order valence-electron chi connectivity index (χ0n) is 15.7. The van der Waals surface area contributed by atoms with E-state index in [9.17, 15) is 23.5 Å². The number of ether oxygens (including phenoxy) is 3. The van der Waals surface area contributed by atoms with E-state index in [0.29, 0.717) is 44.7 Å².